The number of nitrogens with zero attached hydrogens (tertiary/aromatic N) is 8. The zero-order valence-corrected chi connectivity index (χ0v) is 39.4. The summed E-state index contributed by atoms with van der Waals surface area (Å²) in [5.74, 6) is -5.59. The summed E-state index contributed by atoms with van der Waals surface area (Å²) in [6.07, 6.45) is -9.52. The minimum absolute atomic E-state index is 0.00708. The third kappa shape index (κ3) is 13.5. The van der Waals surface area contributed by atoms with Crippen molar-refractivity contribution in [1.82, 2.24) is 45.5 Å². The van der Waals surface area contributed by atoms with Crippen LogP contribution in [0.1, 0.15) is 70.5 Å². The van der Waals surface area contributed by atoms with Crippen molar-refractivity contribution >= 4 is 57.8 Å². The fraction of sp³-hybridized carbons (Fsp3) is 0.227. The van der Waals surface area contributed by atoms with E-state index in [0.717, 1.165) is 37.6 Å². The molecule has 0 spiro atoms. The summed E-state index contributed by atoms with van der Waals surface area (Å²) in [4.78, 5) is 46.7. The number of alkyl halides is 6. The number of carboxylic acids is 1. The van der Waals surface area contributed by atoms with E-state index >= 15 is 0 Å². The molecule has 0 saturated heterocycles. The van der Waals surface area contributed by atoms with Gasteiger partial charge in [0.25, 0.3) is 5.91 Å². The highest BCUT2D eigenvalue weighted by Gasteiger charge is 2.39. The molecule has 0 saturated carbocycles. The minimum atomic E-state index is -4.77. The van der Waals surface area contributed by atoms with E-state index in [1.54, 1.807) is 23.5 Å². The maximum absolute atomic E-state index is 12.7. The predicted molar refractivity (Wildman–Crippen MR) is 245 cm³/mol. The number of hydrogen-bond acceptors (Lipinski definition) is 15. The standard InChI is InChI=1S/C22H17ClF3N5O2S.C13H15ClN2S.C9H4F3N3O3/c1-21(2,20-29-16(10-34-20)12-6-8-13(23)9-7-12)11-27-18(32)15-5-3-4-14(28-15)17-30-19(33-31-17)22(24,25)26;1-13(2,8-15)12-16-11(7-17-12)9-3-5-10(14)6-4-9;10-9(11,12)8-14-6(15-18-8)4-2-1-3-5(13-4)7(16)17/h3-10H,11H2,1-2H3,(H,27,32);3-7H,8,15H2,1-2H3;1-3H,(H,16,17). The fourth-order valence-electron chi connectivity index (χ4n) is 5.48. The Kier molecular flexibility index (Phi) is 16.0. The molecule has 0 aliphatic carbocycles. The highest BCUT2D eigenvalue weighted by molar-refractivity contribution is 7.10. The van der Waals surface area contributed by atoms with Crippen molar-refractivity contribution in [2.24, 2.45) is 5.73 Å². The van der Waals surface area contributed by atoms with E-state index in [1.165, 1.54) is 47.7 Å². The monoisotopic (exact) mass is 1030 g/mol. The van der Waals surface area contributed by atoms with E-state index in [9.17, 15) is 35.9 Å². The highest BCUT2D eigenvalue weighted by Crippen LogP contribution is 2.33. The van der Waals surface area contributed by atoms with Gasteiger partial charge >= 0.3 is 30.1 Å². The molecular weight excluding hydrogens is 998 g/mol. The Bertz CT molecular complexity index is 3030. The molecule has 4 N–H and O–H groups in total. The summed E-state index contributed by atoms with van der Waals surface area (Å²) < 4.78 is 83.0. The number of rotatable bonds is 11. The SMILES string of the molecule is CC(C)(CN)c1nc(-c2ccc(Cl)cc2)cs1.CC(C)(CNC(=O)c1cccc(-c2noc(C(F)(F)F)n2)n1)c1nc(-c2ccc(Cl)cc2)cs1.O=C(O)c1cccc(-c2noc(C(F)(F)F)n2)n1. The predicted octanol–water partition coefficient (Wildman–Crippen LogP) is 11.2. The van der Waals surface area contributed by atoms with E-state index in [1.807, 2.05) is 55.6 Å². The van der Waals surface area contributed by atoms with E-state index in [4.69, 9.17) is 39.0 Å². The molecule has 15 nitrogen and oxygen atoms in total. The molecule has 1 amide bonds. The molecule has 0 fully saturated rings. The summed E-state index contributed by atoms with van der Waals surface area (Å²) in [7, 11) is 0. The lowest BCUT2D eigenvalue weighted by molar-refractivity contribution is -0.160. The summed E-state index contributed by atoms with van der Waals surface area (Å²) in [5, 5.41) is 25.2. The van der Waals surface area contributed by atoms with Crippen LogP contribution < -0.4 is 11.1 Å². The summed E-state index contributed by atoms with van der Waals surface area (Å²) in [5.41, 5.74) is 8.57. The van der Waals surface area contributed by atoms with E-state index in [2.05, 4.69) is 68.8 Å². The lowest BCUT2D eigenvalue weighted by atomic mass is 9.94. The second kappa shape index (κ2) is 21.3. The number of carbonyl (C=O) groups is 2. The zero-order valence-electron chi connectivity index (χ0n) is 36.2. The van der Waals surface area contributed by atoms with Crippen molar-refractivity contribution in [2.45, 2.75) is 50.9 Å². The van der Waals surface area contributed by atoms with Crippen LogP contribution in [0.5, 0.6) is 0 Å². The number of hydrogen-bond donors (Lipinski definition) is 3. The second-order valence-corrected chi connectivity index (χ2v) is 18.3. The number of nitrogens with one attached hydrogen (secondary N) is 1. The number of carboxylic acid groups (broad SMARTS) is 1. The summed E-state index contributed by atoms with van der Waals surface area (Å²) >= 11 is 14.9. The molecule has 8 rings (SSSR count). The first-order valence-corrected chi connectivity index (χ1v) is 22.4. The van der Waals surface area contributed by atoms with Gasteiger partial charge in [0.1, 0.15) is 32.8 Å². The van der Waals surface area contributed by atoms with Crippen molar-refractivity contribution in [3.8, 4) is 45.6 Å². The molecule has 0 bridgehead atoms. The molecule has 360 valence electrons. The van der Waals surface area contributed by atoms with Gasteiger partial charge in [-0.2, -0.15) is 36.3 Å². The van der Waals surface area contributed by atoms with Gasteiger partial charge in [0.15, 0.2) is 0 Å². The Balaban J connectivity index is 0.000000188. The third-order valence-electron chi connectivity index (χ3n) is 9.39. The number of nitrogens with two attached hydrogens (primary N) is 1. The Hall–Kier alpha value is -6.66. The molecule has 2 aromatic carbocycles. The lowest BCUT2D eigenvalue weighted by Crippen LogP contribution is -2.37. The number of benzene rings is 2. The lowest BCUT2D eigenvalue weighted by Gasteiger charge is -2.22. The third-order valence-corrected chi connectivity index (χ3v) is 12.3. The van der Waals surface area contributed by atoms with Crippen molar-refractivity contribution in [3.63, 3.8) is 0 Å². The Morgan fingerprint density at radius 2 is 1.03 bits per heavy atom. The van der Waals surface area contributed by atoms with Crippen LogP contribution in [0.4, 0.5) is 26.3 Å². The largest absolute Gasteiger partial charge is 0.477 e. The molecule has 0 unspecified atom stereocenters. The van der Waals surface area contributed by atoms with E-state index in [-0.39, 0.29) is 40.6 Å². The molecule has 0 aliphatic rings. The Morgan fingerprint density at radius 1 is 0.609 bits per heavy atom. The summed E-state index contributed by atoms with van der Waals surface area (Å²) in [6, 6.07) is 23.2. The number of thiazole rings is 2. The minimum Gasteiger partial charge on any atom is -0.477 e. The second-order valence-electron chi connectivity index (χ2n) is 15.7. The first-order chi connectivity index (χ1) is 32.4. The van der Waals surface area contributed by atoms with Crippen LogP contribution in [0.2, 0.25) is 10.0 Å². The van der Waals surface area contributed by atoms with Crippen molar-refractivity contribution in [3.05, 3.63) is 139 Å². The highest BCUT2D eigenvalue weighted by atomic mass is 35.5. The van der Waals surface area contributed by atoms with Crippen LogP contribution in [-0.4, -0.2) is 70.3 Å². The number of halogens is 8. The van der Waals surface area contributed by atoms with Gasteiger partial charge in [-0.1, -0.05) is 97.6 Å². The van der Waals surface area contributed by atoms with Gasteiger partial charge < -0.3 is 25.2 Å². The normalized spacial score (nSPS) is 11.8. The number of pyridine rings is 2. The van der Waals surface area contributed by atoms with E-state index in [0.29, 0.717) is 11.6 Å². The number of aromatic nitrogens is 8. The molecule has 6 heterocycles. The Labute approximate surface area is 405 Å². The average Bonchev–Trinajstić information content (AvgIpc) is 4.17. The van der Waals surface area contributed by atoms with Crippen molar-refractivity contribution in [1.29, 1.82) is 0 Å². The number of carbonyl (C=O) groups excluding carboxylic acids is 1. The van der Waals surface area contributed by atoms with Crippen molar-refractivity contribution < 1.29 is 50.1 Å². The Morgan fingerprint density at radius 3 is 1.43 bits per heavy atom. The molecule has 6 aromatic heterocycles. The van der Waals surface area contributed by atoms with Crippen LogP contribution in [0.3, 0.4) is 0 Å². The van der Waals surface area contributed by atoms with Crippen LogP contribution in [0, 0.1) is 0 Å². The fourth-order valence-corrected chi connectivity index (χ4v) is 7.65. The first kappa shape index (κ1) is 51.7. The van der Waals surface area contributed by atoms with Gasteiger partial charge in [0.2, 0.25) is 11.6 Å². The van der Waals surface area contributed by atoms with Gasteiger partial charge in [-0.05, 0) is 48.5 Å². The maximum Gasteiger partial charge on any atom is 0.471 e. The molecule has 0 aliphatic heterocycles. The molecule has 8 aromatic rings. The van der Waals surface area contributed by atoms with E-state index < -0.39 is 47.2 Å². The van der Waals surface area contributed by atoms with Crippen molar-refractivity contribution in [2.75, 3.05) is 13.1 Å². The van der Waals surface area contributed by atoms with Gasteiger partial charge in [-0.15, -0.1) is 22.7 Å². The van der Waals surface area contributed by atoms with Gasteiger partial charge in [0, 0.05) is 55.9 Å². The zero-order chi connectivity index (χ0) is 50.3. The first-order valence-electron chi connectivity index (χ1n) is 19.9. The van der Waals surface area contributed by atoms with Crippen LogP contribution in [0.25, 0.3) is 45.6 Å². The van der Waals surface area contributed by atoms with Crippen LogP contribution >= 0.6 is 45.9 Å². The molecular formula is C44H36Cl2F6N10O5S2. The smallest absolute Gasteiger partial charge is 0.471 e. The van der Waals surface area contributed by atoms with Crippen LogP contribution in [0.15, 0.2) is 105 Å². The average molecular weight is 1030 g/mol. The summed E-state index contributed by atoms with van der Waals surface area (Å²) in [6.45, 7) is 8.96. The van der Waals surface area contributed by atoms with Crippen LogP contribution in [-0.2, 0) is 23.2 Å². The molecule has 69 heavy (non-hydrogen) atoms. The van der Waals surface area contributed by atoms with Gasteiger partial charge in [0.05, 0.1) is 11.4 Å². The topological polar surface area (TPSA) is 222 Å². The number of aromatic carboxylic acids is 1. The molecule has 0 radical (unpaired) electrons. The maximum atomic E-state index is 12.7. The molecule has 0 atom stereocenters. The van der Waals surface area contributed by atoms with Gasteiger partial charge in [-0.25, -0.2) is 24.7 Å². The van der Waals surface area contributed by atoms with Gasteiger partial charge in [-0.3, -0.25) is 4.79 Å². The molecule has 25 heteroatoms. The number of amides is 1. The quantitative estimate of drug-likeness (QED) is 0.103.